The van der Waals surface area contributed by atoms with Crippen LogP contribution in [0.1, 0.15) is 0 Å². The molecule has 4 nitrogen and oxygen atoms in total. The van der Waals surface area contributed by atoms with E-state index in [9.17, 15) is 4.79 Å². The standard InChI is InChI=1S/C5H6N2O2S2/c1-9-4-6-3(8)5(2-10)7(4)11-5/h10H,2H2,1H3. The van der Waals surface area contributed by atoms with Gasteiger partial charge in [0, 0.05) is 5.75 Å². The zero-order chi connectivity index (χ0) is 8.06. The summed E-state index contributed by atoms with van der Waals surface area (Å²) in [5.41, 5.74) is 0. The summed E-state index contributed by atoms with van der Waals surface area (Å²) in [6.45, 7) is 0. The van der Waals surface area contributed by atoms with Gasteiger partial charge in [0.2, 0.25) is 4.87 Å². The number of amides is 1. The first kappa shape index (κ1) is 7.30. The van der Waals surface area contributed by atoms with E-state index in [1.54, 1.807) is 4.31 Å². The maximum Gasteiger partial charge on any atom is 0.307 e. The van der Waals surface area contributed by atoms with E-state index in [4.69, 9.17) is 4.74 Å². The van der Waals surface area contributed by atoms with Crippen LogP contribution in [0, 0.1) is 0 Å². The van der Waals surface area contributed by atoms with E-state index in [1.165, 1.54) is 19.1 Å². The van der Waals surface area contributed by atoms with Crippen molar-refractivity contribution in [3.8, 4) is 0 Å². The lowest BCUT2D eigenvalue weighted by Crippen LogP contribution is -2.25. The van der Waals surface area contributed by atoms with Gasteiger partial charge >= 0.3 is 6.02 Å². The first-order valence-electron chi connectivity index (χ1n) is 3.02. The average Bonchev–Trinajstić information content (AvgIpc) is 2.70. The molecule has 0 aromatic rings. The molecule has 1 atom stereocenters. The Hall–Kier alpha value is -0.360. The number of ether oxygens (including phenoxy) is 1. The maximum atomic E-state index is 11.2. The van der Waals surface area contributed by atoms with Gasteiger partial charge in [-0.05, 0) is 11.9 Å². The van der Waals surface area contributed by atoms with Gasteiger partial charge in [0.1, 0.15) is 0 Å². The molecule has 0 saturated carbocycles. The number of amidine groups is 1. The molecule has 0 N–H and O–H groups in total. The van der Waals surface area contributed by atoms with E-state index in [2.05, 4.69) is 17.6 Å². The Morgan fingerprint density at radius 2 is 2.64 bits per heavy atom. The summed E-state index contributed by atoms with van der Waals surface area (Å²) < 4.78 is 6.60. The van der Waals surface area contributed by atoms with Crippen LogP contribution in [0.4, 0.5) is 0 Å². The van der Waals surface area contributed by atoms with Crippen molar-refractivity contribution in [2.75, 3.05) is 12.9 Å². The fourth-order valence-electron chi connectivity index (χ4n) is 0.959. The van der Waals surface area contributed by atoms with E-state index >= 15 is 0 Å². The molecule has 1 unspecified atom stereocenters. The predicted molar refractivity (Wildman–Crippen MR) is 45.5 cm³/mol. The summed E-state index contributed by atoms with van der Waals surface area (Å²) in [6.07, 6.45) is 0. The summed E-state index contributed by atoms with van der Waals surface area (Å²) in [7, 11) is 1.50. The SMILES string of the molecule is COC1=NC(=O)C2(CS)SN12. The molecule has 0 aromatic heterocycles. The van der Waals surface area contributed by atoms with Crippen LogP contribution in [-0.4, -0.2) is 34.0 Å². The quantitative estimate of drug-likeness (QED) is 0.362. The van der Waals surface area contributed by atoms with E-state index in [-0.39, 0.29) is 5.91 Å². The molecular formula is C5H6N2O2S2. The Labute approximate surface area is 73.5 Å². The number of hydrogen-bond acceptors (Lipinski definition) is 5. The van der Waals surface area contributed by atoms with Crippen molar-refractivity contribution < 1.29 is 9.53 Å². The third kappa shape index (κ3) is 0.737. The van der Waals surface area contributed by atoms with E-state index in [0.29, 0.717) is 11.8 Å². The van der Waals surface area contributed by atoms with Gasteiger partial charge < -0.3 is 4.74 Å². The van der Waals surface area contributed by atoms with Gasteiger partial charge in [-0.25, -0.2) is 4.31 Å². The van der Waals surface area contributed by atoms with Gasteiger partial charge in [-0.1, -0.05) is 0 Å². The maximum absolute atomic E-state index is 11.2. The fraction of sp³-hybridized carbons (Fsp3) is 0.600. The van der Waals surface area contributed by atoms with Crippen LogP contribution in [0.2, 0.25) is 0 Å². The lowest BCUT2D eigenvalue weighted by atomic mass is 10.3. The average molecular weight is 190 g/mol. The topological polar surface area (TPSA) is 41.7 Å². The summed E-state index contributed by atoms with van der Waals surface area (Å²) in [6, 6.07) is 0.397. The van der Waals surface area contributed by atoms with Gasteiger partial charge in [0.15, 0.2) is 0 Å². The molecule has 2 heterocycles. The van der Waals surface area contributed by atoms with Crippen molar-refractivity contribution >= 4 is 36.5 Å². The third-order valence-electron chi connectivity index (χ3n) is 1.64. The molecule has 0 aromatic carbocycles. The molecule has 0 radical (unpaired) electrons. The van der Waals surface area contributed by atoms with Crippen molar-refractivity contribution in [3.05, 3.63) is 0 Å². The number of rotatable bonds is 1. The summed E-state index contributed by atoms with van der Waals surface area (Å²) in [5, 5.41) is 0. The van der Waals surface area contributed by atoms with Crippen LogP contribution in [0.3, 0.4) is 0 Å². The Balaban J connectivity index is 2.25. The lowest BCUT2D eigenvalue weighted by molar-refractivity contribution is -0.118. The number of fused-ring (bicyclic) bond motifs is 1. The van der Waals surface area contributed by atoms with Gasteiger partial charge in [-0.2, -0.15) is 17.6 Å². The molecule has 0 bridgehead atoms. The third-order valence-corrected chi connectivity index (χ3v) is 3.59. The first-order chi connectivity index (χ1) is 5.24. The molecule has 1 amide bonds. The molecule has 11 heavy (non-hydrogen) atoms. The molecule has 60 valence electrons. The van der Waals surface area contributed by atoms with Crippen molar-refractivity contribution in [2.45, 2.75) is 4.87 Å². The van der Waals surface area contributed by atoms with Crippen molar-refractivity contribution in [3.63, 3.8) is 0 Å². The number of carbonyl (C=O) groups excluding carboxylic acids is 1. The first-order valence-corrected chi connectivity index (χ1v) is 4.42. The number of nitrogens with zero attached hydrogens (tertiary/aromatic N) is 2. The number of methoxy groups -OCH3 is 1. The molecule has 1 fully saturated rings. The van der Waals surface area contributed by atoms with Crippen LogP contribution in [-0.2, 0) is 9.53 Å². The largest absolute Gasteiger partial charge is 0.468 e. The zero-order valence-corrected chi connectivity index (χ0v) is 7.48. The Kier molecular flexibility index (Phi) is 1.37. The van der Waals surface area contributed by atoms with Crippen LogP contribution in [0.15, 0.2) is 4.99 Å². The Morgan fingerprint density at radius 3 is 2.91 bits per heavy atom. The summed E-state index contributed by atoms with van der Waals surface area (Å²) in [4.78, 5) is 14.3. The van der Waals surface area contributed by atoms with Crippen molar-refractivity contribution in [2.24, 2.45) is 4.99 Å². The summed E-state index contributed by atoms with van der Waals surface area (Å²) in [5.74, 6) is 0.321. The minimum Gasteiger partial charge on any atom is -0.468 e. The van der Waals surface area contributed by atoms with Crippen LogP contribution in [0.5, 0.6) is 0 Å². The molecule has 2 aliphatic heterocycles. The Bertz CT molecular complexity index is 255. The predicted octanol–water partition coefficient (Wildman–Crippen LogP) is 0.119. The minimum atomic E-state index is -0.519. The van der Waals surface area contributed by atoms with E-state index in [0.717, 1.165) is 0 Å². The van der Waals surface area contributed by atoms with Crippen LogP contribution < -0.4 is 0 Å². The normalized spacial score (nSPS) is 33.5. The van der Waals surface area contributed by atoms with Crippen molar-refractivity contribution in [1.82, 2.24) is 4.31 Å². The highest BCUT2D eigenvalue weighted by molar-refractivity contribution is 8.07. The molecule has 6 heteroatoms. The van der Waals surface area contributed by atoms with E-state index in [1.807, 2.05) is 0 Å². The molecule has 2 aliphatic rings. The monoisotopic (exact) mass is 190 g/mol. The molecular weight excluding hydrogens is 184 g/mol. The second kappa shape index (κ2) is 2.07. The highest BCUT2D eigenvalue weighted by atomic mass is 32.2. The van der Waals surface area contributed by atoms with Crippen LogP contribution in [0.25, 0.3) is 0 Å². The number of aliphatic imine (C=N–C) groups is 1. The highest BCUT2D eigenvalue weighted by Crippen LogP contribution is 2.56. The number of carbonyl (C=O) groups is 1. The number of thiol groups is 1. The lowest BCUT2D eigenvalue weighted by Gasteiger charge is -1.98. The van der Waals surface area contributed by atoms with Gasteiger partial charge in [-0.3, -0.25) is 4.79 Å². The van der Waals surface area contributed by atoms with Crippen LogP contribution >= 0.6 is 24.6 Å². The smallest absolute Gasteiger partial charge is 0.307 e. The summed E-state index contributed by atoms with van der Waals surface area (Å²) >= 11 is 5.49. The molecule has 0 aliphatic carbocycles. The zero-order valence-electron chi connectivity index (χ0n) is 5.77. The number of hydrogen-bond donors (Lipinski definition) is 1. The molecule has 0 spiro atoms. The second-order valence-corrected chi connectivity index (χ2v) is 3.77. The second-order valence-electron chi connectivity index (χ2n) is 2.23. The fourth-order valence-corrected chi connectivity index (χ4v) is 2.36. The van der Waals surface area contributed by atoms with Gasteiger partial charge in [0.05, 0.1) is 7.11 Å². The van der Waals surface area contributed by atoms with E-state index < -0.39 is 4.87 Å². The molecule has 1 saturated heterocycles. The van der Waals surface area contributed by atoms with Gasteiger partial charge in [0.25, 0.3) is 5.91 Å². The Morgan fingerprint density at radius 1 is 1.91 bits per heavy atom. The molecule has 2 rings (SSSR count). The highest BCUT2D eigenvalue weighted by Gasteiger charge is 2.66. The van der Waals surface area contributed by atoms with Crippen molar-refractivity contribution in [1.29, 1.82) is 0 Å². The van der Waals surface area contributed by atoms with Gasteiger partial charge in [-0.15, -0.1) is 0 Å². The minimum absolute atomic E-state index is 0.158.